The number of nitrogens with two attached hydrogens (primary N) is 1. The number of rotatable bonds is 7. The number of halogens is 3. The van der Waals surface area contributed by atoms with Crippen LogP contribution in [0.5, 0.6) is 0 Å². The van der Waals surface area contributed by atoms with E-state index < -0.39 is 23.9 Å². The Labute approximate surface area is 143 Å². The highest BCUT2D eigenvalue weighted by Gasteiger charge is 2.31. The molecule has 2 atom stereocenters. The molecule has 0 fully saturated rings. The number of aliphatic hydroxyl groups is 1. The molecule has 1 amide bonds. The molecule has 8 heteroatoms. The lowest BCUT2D eigenvalue weighted by atomic mass is 9.92. The summed E-state index contributed by atoms with van der Waals surface area (Å²) in [7, 11) is 0. The average Bonchev–Trinajstić information content (AvgIpc) is 2.58. The average molecular weight is 359 g/mol. The van der Waals surface area contributed by atoms with Crippen molar-refractivity contribution in [2.75, 3.05) is 13.2 Å². The van der Waals surface area contributed by atoms with Gasteiger partial charge in [0.1, 0.15) is 0 Å². The van der Waals surface area contributed by atoms with Crippen molar-refractivity contribution >= 4 is 5.91 Å². The predicted octanol–water partition coefficient (Wildman–Crippen LogP) is 2.69. The number of carbonyl (C=O) groups is 1. The zero-order chi connectivity index (χ0) is 18.4. The van der Waals surface area contributed by atoms with Gasteiger partial charge in [-0.1, -0.05) is 12.1 Å². The molecule has 25 heavy (non-hydrogen) atoms. The van der Waals surface area contributed by atoms with Crippen LogP contribution in [0.3, 0.4) is 0 Å². The molecule has 0 saturated heterocycles. The third kappa shape index (κ3) is 5.47. The lowest BCUT2D eigenvalue weighted by Gasteiger charge is -2.29. The molecule has 1 aromatic rings. The topological polar surface area (TPSA) is 81.8 Å². The molecule has 1 heterocycles. The van der Waals surface area contributed by atoms with Gasteiger partial charge in [-0.05, 0) is 36.6 Å². The first kappa shape index (κ1) is 19.3. The first-order chi connectivity index (χ1) is 11.8. The SMILES string of the molecule is NC(=O)C1=C[C@H](c2ccc(C(F)(F)F)cc2)C[C@H](OCCCCO)O1. The number of hydrogen-bond acceptors (Lipinski definition) is 4. The van der Waals surface area contributed by atoms with Crippen molar-refractivity contribution < 1.29 is 32.5 Å². The molecule has 0 radical (unpaired) electrons. The molecule has 0 unspecified atom stereocenters. The van der Waals surface area contributed by atoms with Gasteiger partial charge >= 0.3 is 6.18 Å². The molecular weight excluding hydrogens is 339 g/mol. The van der Waals surface area contributed by atoms with Crippen LogP contribution in [0.2, 0.25) is 0 Å². The largest absolute Gasteiger partial charge is 0.459 e. The third-order valence-corrected chi connectivity index (χ3v) is 3.82. The maximum Gasteiger partial charge on any atom is 0.416 e. The highest BCUT2D eigenvalue weighted by atomic mass is 19.4. The zero-order valence-electron chi connectivity index (χ0n) is 13.5. The van der Waals surface area contributed by atoms with Crippen LogP contribution in [0, 0.1) is 0 Å². The Kier molecular flexibility index (Phi) is 6.44. The summed E-state index contributed by atoms with van der Waals surface area (Å²) < 4.78 is 48.9. The van der Waals surface area contributed by atoms with Gasteiger partial charge in [-0.15, -0.1) is 0 Å². The number of amides is 1. The number of hydrogen-bond donors (Lipinski definition) is 2. The van der Waals surface area contributed by atoms with Crippen molar-refractivity contribution in [1.29, 1.82) is 0 Å². The molecule has 5 nitrogen and oxygen atoms in total. The summed E-state index contributed by atoms with van der Waals surface area (Å²) in [5.41, 5.74) is 5.13. The van der Waals surface area contributed by atoms with Crippen LogP contribution >= 0.6 is 0 Å². The lowest BCUT2D eigenvalue weighted by molar-refractivity contribution is -0.144. The molecule has 1 aliphatic heterocycles. The summed E-state index contributed by atoms with van der Waals surface area (Å²) in [5.74, 6) is -1.18. The predicted molar refractivity (Wildman–Crippen MR) is 83.2 cm³/mol. The van der Waals surface area contributed by atoms with Crippen LogP contribution in [0.1, 0.15) is 36.3 Å². The number of ether oxygens (including phenoxy) is 2. The van der Waals surface area contributed by atoms with Gasteiger partial charge in [0.2, 0.25) is 6.29 Å². The molecule has 0 aliphatic carbocycles. The number of aliphatic hydroxyl groups excluding tert-OH is 1. The van der Waals surface area contributed by atoms with Crippen molar-refractivity contribution in [2.45, 2.75) is 37.6 Å². The van der Waals surface area contributed by atoms with E-state index in [2.05, 4.69) is 0 Å². The molecule has 1 aliphatic rings. The molecule has 2 rings (SSSR count). The van der Waals surface area contributed by atoms with Gasteiger partial charge in [0.15, 0.2) is 5.76 Å². The highest BCUT2D eigenvalue weighted by molar-refractivity contribution is 5.90. The zero-order valence-corrected chi connectivity index (χ0v) is 13.5. The van der Waals surface area contributed by atoms with Crippen molar-refractivity contribution in [3.63, 3.8) is 0 Å². The second kappa shape index (κ2) is 8.35. The lowest BCUT2D eigenvalue weighted by Crippen LogP contribution is -2.29. The summed E-state index contributed by atoms with van der Waals surface area (Å²) in [6.07, 6.45) is -2.08. The summed E-state index contributed by atoms with van der Waals surface area (Å²) >= 11 is 0. The Morgan fingerprint density at radius 3 is 2.52 bits per heavy atom. The Morgan fingerprint density at radius 1 is 1.28 bits per heavy atom. The Hall–Kier alpha value is -2.06. The van der Waals surface area contributed by atoms with Crippen LogP contribution in [0.25, 0.3) is 0 Å². The van der Waals surface area contributed by atoms with Crippen molar-refractivity contribution in [3.05, 3.63) is 47.2 Å². The van der Waals surface area contributed by atoms with Gasteiger partial charge in [0.25, 0.3) is 5.91 Å². The van der Waals surface area contributed by atoms with Crippen LogP contribution in [-0.4, -0.2) is 30.5 Å². The molecule has 0 aromatic heterocycles. The maximum absolute atomic E-state index is 12.7. The summed E-state index contributed by atoms with van der Waals surface area (Å²) in [6, 6.07) is 4.74. The first-order valence-electron chi connectivity index (χ1n) is 7.89. The fraction of sp³-hybridized carbons (Fsp3) is 0.471. The molecule has 0 saturated carbocycles. The van der Waals surface area contributed by atoms with E-state index >= 15 is 0 Å². The Bertz CT molecular complexity index is 613. The Balaban J connectivity index is 2.11. The number of benzene rings is 1. The first-order valence-corrected chi connectivity index (χ1v) is 7.89. The second-order valence-corrected chi connectivity index (χ2v) is 5.71. The number of primary amides is 1. The van der Waals surface area contributed by atoms with Crippen LogP contribution in [-0.2, 0) is 20.4 Å². The summed E-state index contributed by atoms with van der Waals surface area (Å²) in [6.45, 7) is 0.381. The standard InChI is InChI=1S/C17H20F3NO4/c18-17(19,20)13-5-3-11(4-6-13)12-9-14(16(21)23)25-15(10-12)24-8-2-1-7-22/h3-6,9,12,15,22H,1-2,7-8,10H2,(H2,21,23)/t12-,15+/m0/s1. The van der Waals surface area contributed by atoms with Crippen molar-refractivity contribution in [1.82, 2.24) is 0 Å². The molecule has 1 aromatic carbocycles. The minimum absolute atomic E-state index is 0.0511. The van der Waals surface area contributed by atoms with E-state index in [-0.39, 0.29) is 18.3 Å². The van der Waals surface area contributed by atoms with Gasteiger partial charge in [-0.2, -0.15) is 13.2 Å². The molecule has 0 spiro atoms. The monoisotopic (exact) mass is 359 g/mol. The van der Waals surface area contributed by atoms with Gasteiger partial charge < -0.3 is 20.3 Å². The van der Waals surface area contributed by atoms with Crippen LogP contribution in [0.15, 0.2) is 36.1 Å². The smallest absolute Gasteiger partial charge is 0.416 e. The van der Waals surface area contributed by atoms with Crippen LogP contribution in [0.4, 0.5) is 13.2 Å². The van der Waals surface area contributed by atoms with E-state index in [0.717, 1.165) is 12.1 Å². The van der Waals surface area contributed by atoms with Crippen molar-refractivity contribution in [2.24, 2.45) is 5.73 Å². The van der Waals surface area contributed by atoms with Gasteiger partial charge in [-0.3, -0.25) is 4.79 Å². The van der Waals surface area contributed by atoms with Crippen molar-refractivity contribution in [3.8, 4) is 0 Å². The third-order valence-electron chi connectivity index (χ3n) is 3.82. The summed E-state index contributed by atoms with van der Waals surface area (Å²) in [5, 5.41) is 8.75. The molecule has 138 valence electrons. The van der Waals surface area contributed by atoms with E-state index in [0.29, 0.717) is 31.4 Å². The summed E-state index contributed by atoms with van der Waals surface area (Å²) in [4.78, 5) is 11.4. The molecule has 0 bridgehead atoms. The second-order valence-electron chi connectivity index (χ2n) is 5.71. The highest BCUT2D eigenvalue weighted by Crippen LogP contribution is 2.34. The van der Waals surface area contributed by atoms with E-state index in [1.807, 2.05) is 0 Å². The van der Waals surface area contributed by atoms with E-state index in [4.69, 9.17) is 20.3 Å². The van der Waals surface area contributed by atoms with Gasteiger partial charge in [0, 0.05) is 18.9 Å². The van der Waals surface area contributed by atoms with E-state index in [1.165, 1.54) is 18.2 Å². The number of unbranched alkanes of at least 4 members (excludes halogenated alkanes) is 1. The normalized spacial score (nSPS) is 20.7. The Morgan fingerprint density at radius 2 is 1.96 bits per heavy atom. The maximum atomic E-state index is 12.7. The van der Waals surface area contributed by atoms with E-state index in [1.54, 1.807) is 0 Å². The minimum Gasteiger partial charge on any atom is -0.459 e. The number of alkyl halides is 3. The number of allylic oxidation sites excluding steroid dienone is 1. The van der Waals surface area contributed by atoms with Gasteiger partial charge in [0.05, 0.1) is 12.2 Å². The quantitative estimate of drug-likeness (QED) is 0.734. The molecular formula is C17H20F3NO4. The minimum atomic E-state index is -4.40. The fourth-order valence-electron chi connectivity index (χ4n) is 2.51. The van der Waals surface area contributed by atoms with E-state index in [9.17, 15) is 18.0 Å². The number of carbonyl (C=O) groups excluding carboxylic acids is 1. The molecule has 3 N–H and O–H groups in total. The van der Waals surface area contributed by atoms with Crippen LogP contribution < -0.4 is 5.73 Å². The fourth-order valence-corrected chi connectivity index (χ4v) is 2.51. The van der Waals surface area contributed by atoms with Gasteiger partial charge in [-0.25, -0.2) is 0 Å².